The van der Waals surface area contributed by atoms with E-state index in [0.29, 0.717) is 38.8 Å². The van der Waals surface area contributed by atoms with Crippen LogP contribution in [0.1, 0.15) is 47.2 Å². The van der Waals surface area contributed by atoms with E-state index in [4.69, 9.17) is 15.9 Å². The van der Waals surface area contributed by atoms with Crippen molar-refractivity contribution in [2.45, 2.75) is 44.7 Å². The van der Waals surface area contributed by atoms with Gasteiger partial charge in [0, 0.05) is 53.5 Å². The lowest BCUT2D eigenvalue weighted by Gasteiger charge is -2.21. The summed E-state index contributed by atoms with van der Waals surface area (Å²) in [5.41, 5.74) is 11.5. The van der Waals surface area contributed by atoms with Crippen molar-refractivity contribution < 1.29 is 4.79 Å². The van der Waals surface area contributed by atoms with Crippen molar-refractivity contribution >= 4 is 38.5 Å². The SMILES string of the molecule is NCCCC(=O)NC(Cc1c[nH]c2ccccc12)c1nnc(CCc2c[nH]c3ccccc23)n1Cc1cccc2ccccc12. The summed E-state index contributed by atoms with van der Waals surface area (Å²) in [5.74, 6) is 1.61. The zero-order chi connectivity index (χ0) is 30.6. The molecule has 3 aromatic heterocycles. The van der Waals surface area contributed by atoms with Crippen LogP contribution in [0.25, 0.3) is 32.6 Å². The highest BCUT2D eigenvalue weighted by Gasteiger charge is 2.25. The van der Waals surface area contributed by atoms with Crippen LogP contribution in [0, 0.1) is 0 Å². The van der Waals surface area contributed by atoms with Crippen molar-refractivity contribution in [1.29, 1.82) is 0 Å². The number of fused-ring (bicyclic) bond motifs is 3. The Labute approximate surface area is 261 Å². The molecule has 0 aliphatic heterocycles. The molecule has 5 N–H and O–H groups in total. The van der Waals surface area contributed by atoms with Crippen LogP contribution in [0.15, 0.2) is 103 Å². The summed E-state index contributed by atoms with van der Waals surface area (Å²) in [7, 11) is 0. The first-order valence-electron chi connectivity index (χ1n) is 15.7. The third kappa shape index (κ3) is 5.97. The number of carbonyl (C=O) groups excluding carboxylic acids is 1. The summed E-state index contributed by atoms with van der Waals surface area (Å²) in [6.07, 6.45) is 7.22. The highest BCUT2D eigenvalue weighted by atomic mass is 16.1. The highest BCUT2D eigenvalue weighted by Crippen LogP contribution is 2.28. The molecule has 226 valence electrons. The normalized spacial score (nSPS) is 12.3. The van der Waals surface area contributed by atoms with Gasteiger partial charge in [0.1, 0.15) is 5.82 Å². The van der Waals surface area contributed by atoms with E-state index in [9.17, 15) is 4.79 Å². The molecule has 0 aliphatic rings. The fourth-order valence-electron chi connectivity index (χ4n) is 6.41. The molecule has 0 aliphatic carbocycles. The van der Waals surface area contributed by atoms with Gasteiger partial charge in [0.25, 0.3) is 0 Å². The first-order chi connectivity index (χ1) is 22.2. The van der Waals surface area contributed by atoms with Crippen LogP contribution in [0.2, 0.25) is 0 Å². The standard InChI is InChI=1S/C37H37N7O/c38-20-8-17-36(45)41-34(21-28-23-40-33-16-6-4-14-31(28)33)37-43-42-35(19-18-26-22-39-32-15-5-3-13-30(26)32)44(37)24-27-11-7-10-25-9-1-2-12-29(25)27/h1-7,9-16,22-23,34,39-40H,8,17-21,24,38H2,(H,41,45). The smallest absolute Gasteiger partial charge is 0.220 e. The maximum absolute atomic E-state index is 13.2. The van der Waals surface area contributed by atoms with E-state index in [-0.39, 0.29) is 11.9 Å². The third-order valence-corrected chi connectivity index (χ3v) is 8.71. The molecule has 1 atom stereocenters. The summed E-state index contributed by atoms with van der Waals surface area (Å²) in [6.45, 7) is 1.06. The molecule has 7 rings (SSSR count). The lowest BCUT2D eigenvalue weighted by Crippen LogP contribution is -2.32. The number of rotatable bonds is 12. The van der Waals surface area contributed by atoms with Crippen LogP contribution in [-0.4, -0.2) is 37.2 Å². The predicted molar refractivity (Wildman–Crippen MR) is 180 cm³/mol. The molecule has 45 heavy (non-hydrogen) atoms. The number of carbonyl (C=O) groups is 1. The third-order valence-electron chi connectivity index (χ3n) is 8.71. The van der Waals surface area contributed by atoms with Crippen LogP contribution in [0.5, 0.6) is 0 Å². The van der Waals surface area contributed by atoms with Gasteiger partial charge in [-0.1, -0.05) is 78.9 Å². The second kappa shape index (κ2) is 12.8. The predicted octanol–water partition coefficient (Wildman–Crippen LogP) is 6.37. The Morgan fingerprint density at radius 3 is 2.20 bits per heavy atom. The minimum atomic E-state index is -0.376. The molecular weight excluding hydrogens is 558 g/mol. The number of hydrogen-bond acceptors (Lipinski definition) is 4. The maximum atomic E-state index is 13.2. The zero-order valence-electron chi connectivity index (χ0n) is 25.2. The lowest BCUT2D eigenvalue weighted by molar-refractivity contribution is -0.122. The average molecular weight is 596 g/mol. The van der Waals surface area contributed by atoms with Crippen LogP contribution in [-0.2, 0) is 30.6 Å². The number of benzene rings is 4. The summed E-state index contributed by atoms with van der Waals surface area (Å²) >= 11 is 0. The molecule has 8 heteroatoms. The number of amides is 1. The van der Waals surface area contributed by atoms with Crippen LogP contribution >= 0.6 is 0 Å². The van der Waals surface area contributed by atoms with E-state index in [1.165, 1.54) is 27.3 Å². The van der Waals surface area contributed by atoms with Crippen molar-refractivity contribution in [2.24, 2.45) is 5.73 Å². The molecule has 1 unspecified atom stereocenters. The molecular formula is C37H37N7O. The molecule has 7 aromatic rings. The number of aryl methyl sites for hydroxylation is 2. The van der Waals surface area contributed by atoms with Crippen LogP contribution < -0.4 is 11.1 Å². The second-order valence-corrected chi connectivity index (χ2v) is 11.6. The Morgan fingerprint density at radius 2 is 1.42 bits per heavy atom. The fraction of sp³-hybridized carbons (Fsp3) is 0.216. The summed E-state index contributed by atoms with van der Waals surface area (Å²) in [6, 6.07) is 31.1. The van der Waals surface area contributed by atoms with Gasteiger partial charge in [-0.2, -0.15) is 0 Å². The van der Waals surface area contributed by atoms with E-state index in [2.05, 4.69) is 98.8 Å². The Kier molecular flexibility index (Phi) is 8.12. The molecule has 3 heterocycles. The van der Waals surface area contributed by atoms with Crippen molar-refractivity contribution in [3.05, 3.63) is 132 Å². The van der Waals surface area contributed by atoms with Gasteiger partial charge in [-0.15, -0.1) is 10.2 Å². The van der Waals surface area contributed by atoms with Crippen molar-refractivity contribution in [3.63, 3.8) is 0 Å². The molecule has 0 fully saturated rings. The lowest BCUT2D eigenvalue weighted by atomic mass is 10.0. The number of para-hydroxylation sites is 2. The number of H-pyrrole nitrogens is 2. The van der Waals surface area contributed by atoms with Gasteiger partial charge >= 0.3 is 0 Å². The second-order valence-electron chi connectivity index (χ2n) is 11.6. The first kappa shape index (κ1) is 28.6. The number of aromatic nitrogens is 5. The van der Waals surface area contributed by atoms with Gasteiger partial charge in [-0.05, 0) is 59.0 Å². The van der Waals surface area contributed by atoms with Crippen molar-refractivity contribution in [2.75, 3.05) is 6.54 Å². The van der Waals surface area contributed by atoms with E-state index in [1.54, 1.807) is 0 Å². The van der Waals surface area contributed by atoms with Gasteiger partial charge in [-0.25, -0.2) is 0 Å². The molecule has 8 nitrogen and oxygen atoms in total. The van der Waals surface area contributed by atoms with Crippen molar-refractivity contribution in [1.82, 2.24) is 30.0 Å². The van der Waals surface area contributed by atoms with Gasteiger partial charge in [0.05, 0.1) is 12.6 Å². The Balaban J connectivity index is 1.29. The monoisotopic (exact) mass is 595 g/mol. The van der Waals surface area contributed by atoms with E-state index in [0.717, 1.165) is 40.1 Å². The summed E-state index contributed by atoms with van der Waals surface area (Å²) in [5, 5.41) is 17.6. The molecule has 0 spiro atoms. The van der Waals surface area contributed by atoms with Gasteiger partial charge in [-0.3, -0.25) is 4.79 Å². The van der Waals surface area contributed by atoms with E-state index < -0.39 is 0 Å². The molecule has 0 saturated heterocycles. The minimum Gasteiger partial charge on any atom is -0.361 e. The number of nitrogens with two attached hydrogens (primary N) is 1. The van der Waals surface area contributed by atoms with E-state index >= 15 is 0 Å². The van der Waals surface area contributed by atoms with Gasteiger partial charge in [0.2, 0.25) is 5.91 Å². The Morgan fingerprint density at radius 1 is 0.756 bits per heavy atom. The van der Waals surface area contributed by atoms with Gasteiger partial charge in [0.15, 0.2) is 5.82 Å². The minimum absolute atomic E-state index is 0.0367. The fourth-order valence-corrected chi connectivity index (χ4v) is 6.41. The summed E-state index contributed by atoms with van der Waals surface area (Å²) < 4.78 is 2.22. The quantitative estimate of drug-likeness (QED) is 0.131. The average Bonchev–Trinajstić information content (AvgIpc) is 3.80. The molecule has 0 radical (unpaired) electrons. The van der Waals surface area contributed by atoms with E-state index in [1.807, 2.05) is 24.4 Å². The molecule has 4 aromatic carbocycles. The zero-order valence-corrected chi connectivity index (χ0v) is 25.2. The first-order valence-corrected chi connectivity index (χ1v) is 15.7. The largest absolute Gasteiger partial charge is 0.361 e. The van der Waals surface area contributed by atoms with Crippen LogP contribution in [0.4, 0.5) is 0 Å². The van der Waals surface area contributed by atoms with Crippen LogP contribution in [0.3, 0.4) is 0 Å². The van der Waals surface area contributed by atoms with Crippen molar-refractivity contribution in [3.8, 4) is 0 Å². The highest BCUT2D eigenvalue weighted by molar-refractivity contribution is 5.86. The Hall–Kier alpha value is -5.21. The topological polar surface area (TPSA) is 117 Å². The molecule has 0 bridgehead atoms. The summed E-state index contributed by atoms with van der Waals surface area (Å²) in [4.78, 5) is 20.0. The van der Waals surface area contributed by atoms with Gasteiger partial charge < -0.3 is 25.6 Å². The number of aromatic amines is 2. The number of nitrogens with one attached hydrogen (secondary N) is 3. The number of nitrogens with zero attached hydrogens (tertiary/aromatic N) is 3. The number of hydrogen-bond donors (Lipinski definition) is 4. The Bertz CT molecular complexity index is 2080. The molecule has 1 amide bonds. The maximum Gasteiger partial charge on any atom is 0.220 e. The molecule has 0 saturated carbocycles.